The lowest BCUT2D eigenvalue weighted by atomic mass is 10.1. The first-order valence-corrected chi connectivity index (χ1v) is 7.35. The monoisotopic (exact) mass is 303 g/mol. The summed E-state index contributed by atoms with van der Waals surface area (Å²) < 4.78 is 5.52. The second-order valence-corrected chi connectivity index (χ2v) is 5.51. The molecule has 2 rings (SSSR count). The number of hydrogen-bond acceptors (Lipinski definition) is 4. The van der Waals surface area contributed by atoms with Crippen LogP contribution < -0.4 is 10.6 Å². The van der Waals surface area contributed by atoms with Crippen molar-refractivity contribution in [3.8, 4) is 0 Å². The van der Waals surface area contributed by atoms with E-state index in [1.54, 1.807) is 6.07 Å². The van der Waals surface area contributed by atoms with Crippen molar-refractivity contribution < 1.29 is 4.74 Å². The summed E-state index contributed by atoms with van der Waals surface area (Å²) in [6, 6.07) is 1.96. The highest BCUT2D eigenvalue weighted by Gasteiger charge is 2.25. The van der Waals surface area contributed by atoms with E-state index in [0.717, 1.165) is 26.0 Å². The second kappa shape index (κ2) is 6.64. The van der Waals surface area contributed by atoms with Crippen molar-refractivity contribution in [2.24, 2.45) is 0 Å². The molecule has 106 valence electrons. The minimum atomic E-state index is 0.167. The third-order valence-electron chi connectivity index (χ3n) is 3.17. The Labute approximate surface area is 123 Å². The Balaban J connectivity index is 2.14. The molecule has 0 bridgehead atoms. The molecule has 2 unspecified atom stereocenters. The van der Waals surface area contributed by atoms with E-state index in [-0.39, 0.29) is 12.1 Å². The standard InChI is InChI=1S/C13H19Cl2N3O/c1-3-5-16-12-9(14)7-10(15)13(18-12)17-11-4-6-19-8(11)2/h7-8,11H,3-6H2,1-2H3,(H2,16,17,18). The fourth-order valence-corrected chi connectivity index (χ4v) is 2.51. The Bertz CT molecular complexity index is 442. The van der Waals surface area contributed by atoms with E-state index in [0.29, 0.717) is 21.7 Å². The smallest absolute Gasteiger partial charge is 0.147 e. The number of aromatic nitrogens is 1. The van der Waals surface area contributed by atoms with E-state index < -0.39 is 0 Å². The number of anilines is 2. The van der Waals surface area contributed by atoms with Crippen molar-refractivity contribution in [3.05, 3.63) is 16.1 Å². The Morgan fingerprint density at radius 2 is 2.11 bits per heavy atom. The highest BCUT2D eigenvalue weighted by atomic mass is 35.5. The molecule has 2 heterocycles. The van der Waals surface area contributed by atoms with Gasteiger partial charge in [-0.2, -0.15) is 0 Å². The third kappa shape index (κ3) is 3.65. The summed E-state index contributed by atoms with van der Waals surface area (Å²) in [5.41, 5.74) is 0. The second-order valence-electron chi connectivity index (χ2n) is 4.69. The van der Waals surface area contributed by atoms with Crippen LogP contribution in [0.25, 0.3) is 0 Å². The lowest BCUT2D eigenvalue weighted by Gasteiger charge is -2.18. The van der Waals surface area contributed by atoms with Crippen molar-refractivity contribution in [2.45, 2.75) is 38.8 Å². The van der Waals surface area contributed by atoms with Gasteiger partial charge in [-0.3, -0.25) is 0 Å². The predicted molar refractivity (Wildman–Crippen MR) is 80.5 cm³/mol. The molecule has 0 amide bonds. The fraction of sp³-hybridized carbons (Fsp3) is 0.615. The molecule has 0 radical (unpaired) electrons. The number of nitrogens with zero attached hydrogens (tertiary/aromatic N) is 1. The van der Waals surface area contributed by atoms with Crippen LogP contribution in [0.5, 0.6) is 0 Å². The van der Waals surface area contributed by atoms with Crippen molar-refractivity contribution in [1.82, 2.24) is 4.98 Å². The van der Waals surface area contributed by atoms with Gasteiger partial charge >= 0.3 is 0 Å². The summed E-state index contributed by atoms with van der Waals surface area (Å²) in [6.07, 6.45) is 2.14. The van der Waals surface area contributed by atoms with Gasteiger partial charge in [0, 0.05) is 13.2 Å². The SMILES string of the molecule is CCCNc1nc(NC2CCOC2C)c(Cl)cc1Cl. The first-order chi connectivity index (χ1) is 9.11. The molecule has 1 aliphatic rings. The Hall–Kier alpha value is -0.710. The Morgan fingerprint density at radius 1 is 1.37 bits per heavy atom. The summed E-state index contributed by atoms with van der Waals surface area (Å²) in [6.45, 7) is 5.74. The molecule has 1 fully saturated rings. The van der Waals surface area contributed by atoms with Crippen molar-refractivity contribution >= 4 is 34.8 Å². The van der Waals surface area contributed by atoms with E-state index in [1.165, 1.54) is 0 Å². The van der Waals surface area contributed by atoms with Gasteiger partial charge in [0.1, 0.15) is 11.6 Å². The molecular weight excluding hydrogens is 285 g/mol. The van der Waals surface area contributed by atoms with Crippen molar-refractivity contribution in [2.75, 3.05) is 23.8 Å². The van der Waals surface area contributed by atoms with E-state index in [4.69, 9.17) is 27.9 Å². The molecule has 2 atom stereocenters. The summed E-state index contributed by atoms with van der Waals surface area (Å²) >= 11 is 12.3. The maximum absolute atomic E-state index is 6.18. The maximum atomic E-state index is 6.18. The van der Waals surface area contributed by atoms with Crippen LogP contribution in [-0.4, -0.2) is 30.3 Å². The number of hydrogen-bond donors (Lipinski definition) is 2. The van der Waals surface area contributed by atoms with Crippen LogP contribution >= 0.6 is 23.2 Å². The fourth-order valence-electron chi connectivity index (χ4n) is 2.03. The molecule has 1 aromatic rings. The van der Waals surface area contributed by atoms with Crippen LogP contribution in [-0.2, 0) is 4.74 Å². The van der Waals surface area contributed by atoms with E-state index in [9.17, 15) is 0 Å². The van der Waals surface area contributed by atoms with E-state index >= 15 is 0 Å². The van der Waals surface area contributed by atoms with Gasteiger partial charge in [-0.05, 0) is 25.8 Å². The Morgan fingerprint density at radius 3 is 2.74 bits per heavy atom. The van der Waals surface area contributed by atoms with E-state index in [1.807, 2.05) is 6.92 Å². The quantitative estimate of drug-likeness (QED) is 0.868. The van der Waals surface area contributed by atoms with Gasteiger partial charge in [0.15, 0.2) is 0 Å². The normalized spacial score (nSPS) is 22.5. The third-order valence-corrected chi connectivity index (χ3v) is 3.75. The molecule has 0 aliphatic carbocycles. The van der Waals surface area contributed by atoms with Crippen LogP contribution in [0.4, 0.5) is 11.6 Å². The van der Waals surface area contributed by atoms with Crippen LogP contribution in [0.3, 0.4) is 0 Å². The molecular formula is C13H19Cl2N3O. The number of ether oxygens (including phenoxy) is 1. The average molecular weight is 304 g/mol. The van der Waals surface area contributed by atoms with E-state index in [2.05, 4.69) is 22.5 Å². The highest BCUT2D eigenvalue weighted by Crippen LogP contribution is 2.30. The minimum absolute atomic E-state index is 0.167. The highest BCUT2D eigenvalue weighted by molar-refractivity contribution is 6.37. The van der Waals surface area contributed by atoms with Crippen LogP contribution in [0.1, 0.15) is 26.7 Å². The number of halogens is 2. The maximum Gasteiger partial charge on any atom is 0.147 e. The molecule has 0 aromatic carbocycles. The average Bonchev–Trinajstić information content (AvgIpc) is 2.77. The van der Waals surface area contributed by atoms with Crippen LogP contribution in [0.15, 0.2) is 6.07 Å². The molecule has 0 saturated carbocycles. The Kier molecular flexibility index (Phi) is 5.13. The zero-order valence-corrected chi connectivity index (χ0v) is 12.7. The molecule has 1 aromatic heterocycles. The van der Waals surface area contributed by atoms with Gasteiger partial charge in [-0.25, -0.2) is 4.98 Å². The summed E-state index contributed by atoms with van der Waals surface area (Å²) in [5.74, 6) is 1.33. The van der Waals surface area contributed by atoms with Crippen molar-refractivity contribution in [3.63, 3.8) is 0 Å². The van der Waals surface area contributed by atoms with Gasteiger partial charge in [0.25, 0.3) is 0 Å². The van der Waals surface area contributed by atoms with Crippen LogP contribution in [0, 0.1) is 0 Å². The van der Waals surface area contributed by atoms with Gasteiger partial charge in [0.05, 0.1) is 22.2 Å². The molecule has 2 N–H and O–H groups in total. The predicted octanol–water partition coefficient (Wildman–Crippen LogP) is 3.80. The first kappa shape index (κ1) is 14.7. The van der Waals surface area contributed by atoms with Gasteiger partial charge in [0.2, 0.25) is 0 Å². The lowest BCUT2D eigenvalue weighted by Crippen LogP contribution is -2.27. The minimum Gasteiger partial charge on any atom is -0.376 e. The van der Waals surface area contributed by atoms with Gasteiger partial charge in [-0.1, -0.05) is 30.1 Å². The van der Waals surface area contributed by atoms with Crippen molar-refractivity contribution in [1.29, 1.82) is 0 Å². The summed E-state index contributed by atoms with van der Waals surface area (Å²) in [4.78, 5) is 4.47. The number of rotatable bonds is 5. The largest absolute Gasteiger partial charge is 0.376 e. The number of pyridine rings is 1. The van der Waals surface area contributed by atoms with Gasteiger partial charge < -0.3 is 15.4 Å². The zero-order valence-electron chi connectivity index (χ0n) is 11.2. The lowest BCUT2D eigenvalue weighted by molar-refractivity contribution is 0.121. The molecule has 1 aliphatic heterocycles. The van der Waals surface area contributed by atoms with Gasteiger partial charge in [-0.15, -0.1) is 0 Å². The molecule has 6 heteroatoms. The summed E-state index contributed by atoms with van der Waals surface area (Å²) in [7, 11) is 0. The topological polar surface area (TPSA) is 46.2 Å². The number of nitrogens with one attached hydrogen (secondary N) is 2. The molecule has 1 saturated heterocycles. The molecule has 4 nitrogen and oxygen atoms in total. The molecule has 19 heavy (non-hydrogen) atoms. The van der Waals surface area contributed by atoms with Crippen LogP contribution in [0.2, 0.25) is 10.0 Å². The molecule has 0 spiro atoms. The first-order valence-electron chi connectivity index (χ1n) is 6.60. The summed E-state index contributed by atoms with van der Waals surface area (Å²) in [5, 5.41) is 7.60. The zero-order chi connectivity index (χ0) is 13.8.